The summed E-state index contributed by atoms with van der Waals surface area (Å²) in [6.07, 6.45) is 1.59. The number of pyridine rings is 2. The Bertz CT molecular complexity index is 1480. The molecule has 4 heterocycles. The van der Waals surface area contributed by atoms with E-state index in [4.69, 9.17) is 0 Å². The fourth-order valence-corrected chi connectivity index (χ4v) is 4.85. The summed E-state index contributed by atoms with van der Waals surface area (Å²) in [7, 11) is 0. The van der Waals surface area contributed by atoms with Gasteiger partial charge >= 0.3 is 0 Å². The zero-order valence-corrected chi connectivity index (χ0v) is 20.8. The molecular weight excluding hydrogens is 443 g/mol. The van der Waals surface area contributed by atoms with Crippen LogP contribution in [0.5, 0.6) is 0 Å². The van der Waals surface area contributed by atoms with Gasteiger partial charge in [-0.25, -0.2) is 23.7 Å². The van der Waals surface area contributed by atoms with Crippen LogP contribution in [0.4, 0.5) is 15.9 Å². The van der Waals surface area contributed by atoms with Crippen LogP contribution in [0.2, 0.25) is 0 Å². The molecule has 0 bridgehead atoms. The van der Waals surface area contributed by atoms with E-state index in [0.717, 1.165) is 18.8 Å². The normalized spacial score (nSPS) is 15.3. The molecule has 0 fully saturated rings. The molecule has 0 spiro atoms. The average Bonchev–Trinajstić information content (AvgIpc) is 3.09. The molecule has 182 valence electrons. The Kier molecular flexibility index (Phi) is 5.51. The smallest absolute Gasteiger partial charge is 0.276 e. The van der Waals surface area contributed by atoms with Gasteiger partial charge in [-0.05, 0) is 56.2 Å². The number of nitrogens with zero attached hydrogens (tertiary/aromatic N) is 4. The van der Waals surface area contributed by atoms with Gasteiger partial charge in [-0.15, -0.1) is 0 Å². The van der Waals surface area contributed by atoms with Gasteiger partial charge in [0.25, 0.3) is 5.56 Å². The van der Waals surface area contributed by atoms with Gasteiger partial charge in [-0.3, -0.25) is 4.79 Å². The summed E-state index contributed by atoms with van der Waals surface area (Å²) >= 11 is 0. The van der Waals surface area contributed by atoms with Crippen LogP contribution in [-0.2, 0) is 24.2 Å². The van der Waals surface area contributed by atoms with Crippen LogP contribution in [0.25, 0.3) is 16.7 Å². The minimum Gasteiger partial charge on any atom is -0.340 e. The van der Waals surface area contributed by atoms with Gasteiger partial charge in [-0.1, -0.05) is 26.0 Å². The Morgan fingerprint density at radius 3 is 2.74 bits per heavy atom. The molecule has 4 aromatic rings. The summed E-state index contributed by atoms with van der Waals surface area (Å²) in [6, 6.07) is 13.4. The first-order valence-electron chi connectivity index (χ1n) is 12.0. The number of hydrogen-bond donors (Lipinski definition) is 2. The summed E-state index contributed by atoms with van der Waals surface area (Å²) in [5, 5.41) is 7.36. The molecule has 1 aromatic carbocycles. The second-order valence-corrected chi connectivity index (χ2v) is 10.3. The number of alkyl halides is 1. The first kappa shape index (κ1) is 23.2. The van der Waals surface area contributed by atoms with E-state index in [1.807, 2.05) is 13.0 Å². The molecule has 7 nitrogen and oxygen atoms in total. The second-order valence-electron chi connectivity index (χ2n) is 10.3. The topological polar surface area (TPSA) is 76.8 Å². The molecule has 0 amide bonds. The first-order valence-corrected chi connectivity index (χ1v) is 12.0. The van der Waals surface area contributed by atoms with Gasteiger partial charge in [0.15, 0.2) is 5.82 Å². The Labute approximate surface area is 204 Å². The van der Waals surface area contributed by atoms with Crippen molar-refractivity contribution in [3.05, 3.63) is 75.8 Å². The van der Waals surface area contributed by atoms with Gasteiger partial charge in [0, 0.05) is 43.0 Å². The lowest BCUT2D eigenvalue weighted by atomic mass is 9.79. The van der Waals surface area contributed by atoms with Gasteiger partial charge in [-0.2, -0.15) is 0 Å². The van der Waals surface area contributed by atoms with Crippen molar-refractivity contribution in [2.75, 3.05) is 11.9 Å². The Morgan fingerprint density at radius 1 is 1.20 bits per heavy atom. The fraction of sp³-hybridized carbons (Fsp3) is 0.370. The molecule has 0 aliphatic carbocycles. The highest BCUT2D eigenvalue weighted by molar-refractivity contribution is 5.82. The molecule has 5 rings (SSSR count). The number of nitrogens with one attached hydrogen (secondary N) is 2. The minimum atomic E-state index is -1.60. The third kappa shape index (κ3) is 4.12. The Balaban J connectivity index is 1.59. The predicted molar refractivity (Wildman–Crippen MR) is 137 cm³/mol. The lowest BCUT2D eigenvalue weighted by molar-refractivity contribution is 0.214. The highest BCUT2D eigenvalue weighted by Crippen LogP contribution is 2.32. The van der Waals surface area contributed by atoms with Crippen molar-refractivity contribution in [1.29, 1.82) is 0 Å². The molecule has 1 aliphatic rings. The van der Waals surface area contributed by atoms with Crippen molar-refractivity contribution in [2.45, 2.75) is 58.8 Å². The van der Waals surface area contributed by atoms with Crippen molar-refractivity contribution in [1.82, 2.24) is 24.6 Å². The lowest BCUT2D eigenvalue weighted by Crippen LogP contribution is -2.38. The molecule has 1 aliphatic heterocycles. The van der Waals surface area contributed by atoms with Crippen molar-refractivity contribution in [2.24, 2.45) is 0 Å². The number of halogens is 1. The molecule has 0 saturated carbocycles. The van der Waals surface area contributed by atoms with E-state index in [9.17, 15) is 9.18 Å². The maximum absolute atomic E-state index is 14.6. The van der Waals surface area contributed by atoms with Gasteiger partial charge in [0.1, 0.15) is 11.5 Å². The van der Waals surface area contributed by atoms with E-state index < -0.39 is 5.67 Å². The maximum atomic E-state index is 14.6. The zero-order valence-electron chi connectivity index (χ0n) is 20.8. The zero-order chi connectivity index (χ0) is 25.0. The molecule has 0 radical (unpaired) electrons. The van der Waals surface area contributed by atoms with Crippen LogP contribution in [0, 0.1) is 0 Å². The maximum Gasteiger partial charge on any atom is 0.276 e. The third-order valence-electron chi connectivity index (χ3n) is 6.67. The summed E-state index contributed by atoms with van der Waals surface area (Å²) in [5.41, 5.74) is 2.84. The second kappa shape index (κ2) is 8.30. The van der Waals surface area contributed by atoms with Crippen molar-refractivity contribution < 1.29 is 4.39 Å². The molecular formula is C27H31FN6O. The van der Waals surface area contributed by atoms with E-state index in [2.05, 4.69) is 52.6 Å². The Hall–Kier alpha value is -3.52. The molecule has 0 atom stereocenters. The van der Waals surface area contributed by atoms with E-state index in [0.29, 0.717) is 34.8 Å². The van der Waals surface area contributed by atoms with E-state index >= 15 is 0 Å². The number of anilines is 2. The SMILES string of the molecule is CCn1c(=O)c2cnc(Nc3ccc4c(c3)CNCC4(C)C)cc2n1-c1cccc(C(C)(C)F)n1. The summed E-state index contributed by atoms with van der Waals surface area (Å²) in [6.45, 7) is 11.5. The van der Waals surface area contributed by atoms with Crippen LogP contribution in [-0.4, -0.2) is 25.9 Å². The highest BCUT2D eigenvalue weighted by atomic mass is 19.1. The summed E-state index contributed by atoms with van der Waals surface area (Å²) < 4.78 is 18.0. The van der Waals surface area contributed by atoms with Crippen molar-refractivity contribution >= 4 is 22.4 Å². The quantitative estimate of drug-likeness (QED) is 0.429. The van der Waals surface area contributed by atoms with E-state index in [1.165, 1.54) is 25.0 Å². The molecule has 0 unspecified atom stereocenters. The first-order chi connectivity index (χ1) is 16.6. The summed E-state index contributed by atoms with van der Waals surface area (Å²) in [5.74, 6) is 1.10. The van der Waals surface area contributed by atoms with Crippen LogP contribution < -0.4 is 16.2 Å². The van der Waals surface area contributed by atoms with Gasteiger partial charge in [0.2, 0.25) is 0 Å². The van der Waals surface area contributed by atoms with Crippen LogP contribution >= 0.6 is 0 Å². The largest absolute Gasteiger partial charge is 0.340 e. The minimum absolute atomic E-state index is 0.0815. The van der Waals surface area contributed by atoms with E-state index in [1.54, 1.807) is 33.8 Å². The predicted octanol–water partition coefficient (Wildman–Crippen LogP) is 4.93. The van der Waals surface area contributed by atoms with Crippen molar-refractivity contribution in [3.63, 3.8) is 0 Å². The highest BCUT2D eigenvalue weighted by Gasteiger charge is 2.27. The molecule has 2 N–H and O–H groups in total. The average molecular weight is 475 g/mol. The molecule has 0 saturated heterocycles. The van der Waals surface area contributed by atoms with Gasteiger partial charge in [0.05, 0.1) is 16.6 Å². The Morgan fingerprint density at radius 2 is 2.00 bits per heavy atom. The fourth-order valence-electron chi connectivity index (χ4n) is 4.85. The van der Waals surface area contributed by atoms with Crippen LogP contribution in [0.15, 0.2) is 53.5 Å². The number of hydrogen-bond acceptors (Lipinski definition) is 5. The molecule has 35 heavy (non-hydrogen) atoms. The number of benzene rings is 1. The lowest BCUT2D eigenvalue weighted by Gasteiger charge is -2.33. The summed E-state index contributed by atoms with van der Waals surface area (Å²) in [4.78, 5) is 22.2. The molecule has 8 heteroatoms. The number of fused-ring (bicyclic) bond motifs is 2. The van der Waals surface area contributed by atoms with Crippen molar-refractivity contribution in [3.8, 4) is 5.82 Å². The van der Waals surface area contributed by atoms with Crippen LogP contribution in [0.3, 0.4) is 0 Å². The van der Waals surface area contributed by atoms with Crippen LogP contribution in [0.1, 0.15) is 51.4 Å². The number of aromatic nitrogens is 4. The monoisotopic (exact) mass is 474 g/mol. The van der Waals surface area contributed by atoms with E-state index in [-0.39, 0.29) is 11.0 Å². The standard InChI is InChI=1S/C27H31FN6O/c1-6-33-25(35)19-15-30-23(31-18-10-11-20-17(12-18)14-29-16-26(20,2)3)13-21(19)34(33)24-9-7-8-22(32-24)27(4,5)28/h7-13,15,29H,6,14,16H2,1-5H3,(H,30,31). The van der Waals surface area contributed by atoms with Gasteiger partial charge < -0.3 is 10.6 Å². The third-order valence-corrected chi connectivity index (χ3v) is 6.67. The molecule has 3 aromatic heterocycles. The number of rotatable bonds is 5.